The summed E-state index contributed by atoms with van der Waals surface area (Å²) in [6, 6.07) is 0. The molecular formula is C8H16OS. The topological polar surface area (TPSA) is 9.23 Å². The summed E-state index contributed by atoms with van der Waals surface area (Å²) in [7, 11) is 1.77. The van der Waals surface area contributed by atoms with Crippen LogP contribution in [-0.2, 0) is 4.18 Å². The predicted molar refractivity (Wildman–Crippen MR) is 46.0 cm³/mol. The molecule has 0 aromatic heterocycles. The molecule has 0 aromatic carbocycles. The molecule has 0 aromatic rings. The summed E-state index contributed by atoms with van der Waals surface area (Å²) in [6.07, 6.45) is 5.47. The lowest BCUT2D eigenvalue weighted by Crippen LogP contribution is -2.13. The van der Waals surface area contributed by atoms with E-state index in [0.29, 0.717) is 0 Å². The second-order valence-electron chi connectivity index (χ2n) is 3.14. The molecule has 0 heterocycles. The van der Waals surface area contributed by atoms with Crippen molar-refractivity contribution in [3.63, 3.8) is 0 Å². The second kappa shape index (κ2) is 4.24. The van der Waals surface area contributed by atoms with E-state index in [9.17, 15) is 0 Å². The van der Waals surface area contributed by atoms with Crippen molar-refractivity contribution in [1.29, 1.82) is 0 Å². The Morgan fingerprint density at radius 2 is 1.80 bits per heavy atom. The zero-order valence-electron chi connectivity index (χ0n) is 6.80. The molecule has 0 atom stereocenters. The first-order chi connectivity index (χ1) is 4.83. The van der Waals surface area contributed by atoms with E-state index in [4.69, 9.17) is 4.18 Å². The highest BCUT2D eigenvalue weighted by molar-refractivity contribution is 7.95. The number of rotatable bonds is 2. The molecule has 0 radical (unpaired) electrons. The molecule has 0 unspecified atom stereocenters. The minimum atomic E-state index is 0.779. The summed E-state index contributed by atoms with van der Waals surface area (Å²) in [6.45, 7) is 2.34. The van der Waals surface area contributed by atoms with Gasteiger partial charge in [0.15, 0.2) is 0 Å². The van der Waals surface area contributed by atoms with Crippen LogP contribution in [0.15, 0.2) is 0 Å². The monoisotopic (exact) mass is 160 g/mol. The molecule has 0 N–H and O–H groups in total. The molecule has 1 rings (SSSR count). The normalized spacial score (nSPS) is 34.2. The molecule has 0 spiro atoms. The van der Waals surface area contributed by atoms with Crippen molar-refractivity contribution in [2.24, 2.45) is 5.92 Å². The van der Waals surface area contributed by atoms with Gasteiger partial charge in [0.05, 0.1) is 7.11 Å². The van der Waals surface area contributed by atoms with Crippen molar-refractivity contribution >= 4 is 12.0 Å². The van der Waals surface area contributed by atoms with Crippen LogP contribution in [0.2, 0.25) is 0 Å². The van der Waals surface area contributed by atoms with Gasteiger partial charge in [-0.25, -0.2) is 0 Å². The van der Waals surface area contributed by atoms with Crippen molar-refractivity contribution in [2.45, 2.75) is 37.9 Å². The van der Waals surface area contributed by atoms with Gasteiger partial charge in [-0.15, -0.1) is 0 Å². The summed E-state index contributed by atoms with van der Waals surface area (Å²) in [5.74, 6) is 0.953. The third-order valence-electron chi connectivity index (χ3n) is 2.20. The number of hydrogen-bond acceptors (Lipinski definition) is 2. The van der Waals surface area contributed by atoms with Gasteiger partial charge in [0.25, 0.3) is 0 Å². The molecule has 1 saturated carbocycles. The SMILES string of the molecule is COSC1CCC(C)CC1. The molecular weight excluding hydrogens is 144 g/mol. The second-order valence-corrected chi connectivity index (χ2v) is 4.34. The van der Waals surface area contributed by atoms with Crippen molar-refractivity contribution in [3.05, 3.63) is 0 Å². The van der Waals surface area contributed by atoms with Gasteiger partial charge >= 0.3 is 0 Å². The average molecular weight is 160 g/mol. The lowest BCUT2D eigenvalue weighted by atomic mass is 9.91. The van der Waals surface area contributed by atoms with E-state index >= 15 is 0 Å². The Morgan fingerprint density at radius 3 is 2.30 bits per heavy atom. The minimum absolute atomic E-state index is 0.779. The third kappa shape index (κ3) is 2.51. The van der Waals surface area contributed by atoms with E-state index in [-0.39, 0.29) is 0 Å². The summed E-state index contributed by atoms with van der Waals surface area (Å²) in [5.41, 5.74) is 0. The van der Waals surface area contributed by atoms with Crippen LogP contribution < -0.4 is 0 Å². The summed E-state index contributed by atoms with van der Waals surface area (Å²) in [5, 5.41) is 0.779. The Hall–Kier alpha value is 0.310. The van der Waals surface area contributed by atoms with E-state index in [2.05, 4.69) is 6.92 Å². The highest BCUT2D eigenvalue weighted by Gasteiger charge is 2.18. The molecule has 1 nitrogen and oxygen atoms in total. The first-order valence-electron chi connectivity index (χ1n) is 4.02. The highest BCUT2D eigenvalue weighted by Crippen LogP contribution is 2.31. The standard InChI is InChI=1S/C8H16OS/c1-7-3-5-8(6-4-7)10-9-2/h7-8H,3-6H2,1-2H3. The van der Waals surface area contributed by atoms with Crippen LogP contribution >= 0.6 is 12.0 Å². The van der Waals surface area contributed by atoms with Gasteiger partial charge in [-0.05, 0) is 43.6 Å². The van der Waals surface area contributed by atoms with Gasteiger partial charge in [0.2, 0.25) is 0 Å². The third-order valence-corrected chi connectivity index (χ3v) is 3.13. The van der Waals surface area contributed by atoms with Gasteiger partial charge in [0.1, 0.15) is 0 Å². The maximum absolute atomic E-state index is 5.03. The van der Waals surface area contributed by atoms with E-state index in [1.54, 1.807) is 19.2 Å². The quantitative estimate of drug-likeness (QED) is 0.574. The maximum atomic E-state index is 5.03. The molecule has 60 valence electrons. The first kappa shape index (κ1) is 8.41. The molecule has 2 heteroatoms. The van der Waals surface area contributed by atoms with Gasteiger partial charge in [-0.2, -0.15) is 0 Å². The largest absolute Gasteiger partial charge is 0.318 e. The summed E-state index contributed by atoms with van der Waals surface area (Å²) >= 11 is 1.65. The fraction of sp³-hybridized carbons (Fsp3) is 1.00. The van der Waals surface area contributed by atoms with E-state index in [1.165, 1.54) is 25.7 Å². The van der Waals surface area contributed by atoms with Crippen molar-refractivity contribution in [1.82, 2.24) is 0 Å². The molecule has 0 aliphatic heterocycles. The maximum Gasteiger partial charge on any atom is 0.0503 e. The van der Waals surface area contributed by atoms with Crippen LogP contribution in [0.25, 0.3) is 0 Å². The molecule has 0 saturated heterocycles. The average Bonchev–Trinajstić information content (AvgIpc) is 1.95. The van der Waals surface area contributed by atoms with Crippen molar-refractivity contribution in [2.75, 3.05) is 7.11 Å². The van der Waals surface area contributed by atoms with Crippen molar-refractivity contribution in [3.8, 4) is 0 Å². The zero-order valence-corrected chi connectivity index (χ0v) is 7.62. The van der Waals surface area contributed by atoms with Crippen LogP contribution in [0.5, 0.6) is 0 Å². The molecule has 1 aliphatic carbocycles. The molecule has 1 aliphatic rings. The van der Waals surface area contributed by atoms with Gasteiger partial charge in [-0.1, -0.05) is 6.92 Å². The van der Waals surface area contributed by atoms with E-state index in [1.807, 2.05) is 0 Å². The predicted octanol–water partition coefficient (Wildman–Crippen LogP) is 2.86. The Labute approximate surface area is 67.7 Å². The number of hydrogen-bond donors (Lipinski definition) is 0. The smallest absolute Gasteiger partial charge is 0.0503 e. The van der Waals surface area contributed by atoms with Crippen LogP contribution in [0.1, 0.15) is 32.6 Å². The molecule has 0 bridgehead atoms. The Morgan fingerprint density at radius 1 is 1.20 bits per heavy atom. The first-order valence-corrected chi connectivity index (χ1v) is 4.83. The summed E-state index contributed by atoms with van der Waals surface area (Å²) < 4.78 is 5.03. The Balaban J connectivity index is 2.13. The molecule has 10 heavy (non-hydrogen) atoms. The van der Waals surface area contributed by atoms with Crippen molar-refractivity contribution < 1.29 is 4.18 Å². The van der Waals surface area contributed by atoms with Gasteiger partial charge in [0, 0.05) is 5.25 Å². The van der Waals surface area contributed by atoms with Crippen LogP contribution in [-0.4, -0.2) is 12.4 Å². The van der Waals surface area contributed by atoms with Crippen LogP contribution in [0.3, 0.4) is 0 Å². The lowest BCUT2D eigenvalue weighted by Gasteiger charge is -2.24. The van der Waals surface area contributed by atoms with E-state index in [0.717, 1.165) is 11.2 Å². The summed E-state index contributed by atoms with van der Waals surface area (Å²) in [4.78, 5) is 0. The minimum Gasteiger partial charge on any atom is -0.318 e. The zero-order chi connectivity index (χ0) is 7.40. The fourth-order valence-electron chi connectivity index (χ4n) is 1.46. The van der Waals surface area contributed by atoms with Gasteiger partial charge in [-0.3, -0.25) is 0 Å². The highest BCUT2D eigenvalue weighted by atomic mass is 32.2. The Kier molecular flexibility index (Phi) is 3.57. The molecule has 0 amide bonds. The lowest BCUT2D eigenvalue weighted by molar-refractivity contribution is 0.380. The van der Waals surface area contributed by atoms with Gasteiger partial charge < -0.3 is 4.18 Å². The Bertz CT molecular complexity index is 87.3. The van der Waals surface area contributed by atoms with Crippen LogP contribution in [0, 0.1) is 5.92 Å². The van der Waals surface area contributed by atoms with E-state index < -0.39 is 0 Å². The fourth-order valence-corrected chi connectivity index (χ4v) is 2.20. The molecule has 1 fully saturated rings. The van der Waals surface area contributed by atoms with Crippen LogP contribution in [0.4, 0.5) is 0 Å².